The molecule has 3 aliphatic heterocycles. The molecule has 0 radical (unpaired) electrons. The Labute approximate surface area is 230 Å². The van der Waals surface area contributed by atoms with Gasteiger partial charge in [-0.05, 0) is 63.3 Å². The maximum Gasteiger partial charge on any atom is 0.453 e. The highest BCUT2D eigenvalue weighted by molar-refractivity contribution is 5.83. The molecule has 0 aliphatic carbocycles. The summed E-state index contributed by atoms with van der Waals surface area (Å²) in [6.07, 6.45) is 2.56. The van der Waals surface area contributed by atoms with E-state index in [1.807, 2.05) is 12.1 Å². The Bertz CT molecular complexity index is 1410. The molecule has 5 rings (SSSR count). The molecule has 1 saturated heterocycles. The van der Waals surface area contributed by atoms with Crippen molar-refractivity contribution in [3.63, 3.8) is 0 Å². The van der Waals surface area contributed by atoms with E-state index in [9.17, 15) is 18.0 Å². The van der Waals surface area contributed by atoms with Crippen molar-refractivity contribution in [1.82, 2.24) is 30.2 Å². The topological polar surface area (TPSA) is 87.9 Å². The number of hydrazine groups is 1. The molecular formula is C28H30F3N7O2. The second-order valence-corrected chi connectivity index (χ2v) is 10.8. The summed E-state index contributed by atoms with van der Waals surface area (Å²) in [6.45, 7) is 6.84. The average molecular weight is 554 g/mol. The quantitative estimate of drug-likeness (QED) is 0.511. The van der Waals surface area contributed by atoms with Crippen molar-refractivity contribution < 1.29 is 22.7 Å². The van der Waals surface area contributed by atoms with Crippen LogP contribution in [0.3, 0.4) is 0 Å². The first-order valence-electron chi connectivity index (χ1n) is 13.1. The molecule has 210 valence electrons. The van der Waals surface area contributed by atoms with Gasteiger partial charge in [0, 0.05) is 49.5 Å². The SMILES string of the molecule is CC(C)(C)OC(=O)N1C=C(C#Cc2ccc(C3CCN(C4=Nn5c(nnc5C(F)(F)F)CC4)CC3)cc2)C=CN1. The van der Waals surface area contributed by atoms with Gasteiger partial charge in [0.05, 0.1) is 0 Å². The standard InChI is InChI=1S/C28H30F3N7O2/c1-27(2,3)40-26(39)37-18-20(12-15-32-37)5-4-19-6-8-21(9-7-19)22-13-16-36(17-14-22)24-11-10-23-33-34-25(28(29,30)31)38(23)35-24/h6-9,12,15,18,22,32H,10-11,13-14,16-17H2,1-3H3. The smallest absolute Gasteiger partial charge is 0.442 e. The lowest BCUT2D eigenvalue weighted by atomic mass is 9.89. The fraction of sp³-hybridized carbons (Fsp3) is 0.429. The van der Waals surface area contributed by atoms with Gasteiger partial charge < -0.3 is 9.64 Å². The number of nitrogens with zero attached hydrogens (tertiary/aromatic N) is 6. The van der Waals surface area contributed by atoms with Crippen molar-refractivity contribution in [2.45, 2.75) is 64.1 Å². The molecule has 4 heterocycles. The van der Waals surface area contributed by atoms with Crippen LogP contribution in [-0.4, -0.2) is 55.4 Å². The number of carbonyl (C=O) groups is 1. The van der Waals surface area contributed by atoms with Gasteiger partial charge >= 0.3 is 12.3 Å². The molecule has 2 aromatic rings. The van der Waals surface area contributed by atoms with Gasteiger partial charge in [-0.3, -0.25) is 5.43 Å². The number of ether oxygens (including phenoxy) is 1. The zero-order chi connectivity index (χ0) is 28.5. The predicted octanol–water partition coefficient (Wildman–Crippen LogP) is 4.79. The van der Waals surface area contributed by atoms with E-state index in [1.54, 1.807) is 39.2 Å². The van der Waals surface area contributed by atoms with E-state index in [2.05, 4.69) is 49.6 Å². The highest BCUT2D eigenvalue weighted by atomic mass is 19.4. The minimum absolute atomic E-state index is 0.238. The minimum atomic E-state index is -4.59. The lowest BCUT2D eigenvalue weighted by molar-refractivity contribution is -0.147. The van der Waals surface area contributed by atoms with Gasteiger partial charge in [-0.2, -0.15) is 28.0 Å². The second-order valence-electron chi connectivity index (χ2n) is 10.8. The minimum Gasteiger partial charge on any atom is -0.442 e. The van der Waals surface area contributed by atoms with Crippen molar-refractivity contribution in [2.75, 3.05) is 13.1 Å². The third-order valence-electron chi connectivity index (χ3n) is 6.67. The first-order valence-corrected chi connectivity index (χ1v) is 13.1. The van der Waals surface area contributed by atoms with Crippen LogP contribution in [0, 0.1) is 11.8 Å². The van der Waals surface area contributed by atoms with Gasteiger partial charge in [0.1, 0.15) is 11.4 Å². The number of nitrogens with one attached hydrogen (secondary N) is 1. The third-order valence-corrected chi connectivity index (χ3v) is 6.67. The van der Waals surface area contributed by atoms with E-state index in [1.165, 1.54) is 10.6 Å². The van der Waals surface area contributed by atoms with Crippen molar-refractivity contribution in [2.24, 2.45) is 5.10 Å². The number of halogens is 3. The molecule has 0 atom stereocenters. The molecule has 0 bridgehead atoms. The first kappa shape index (κ1) is 27.3. The number of benzene rings is 1. The zero-order valence-electron chi connectivity index (χ0n) is 22.5. The largest absolute Gasteiger partial charge is 0.453 e. The van der Waals surface area contributed by atoms with Gasteiger partial charge in [-0.15, -0.1) is 10.2 Å². The van der Waals surface area contributed by atoms with Gasteiger partial charge in [0.2, 0.25) is 0 Å². The van der Waals surface area contributed by atoms with E-state index in [-0.39, 0.29) is 5.82 Å². The summed E-state index contributed by atoms with van der Waals surface area (Å²) in [7, 11) is 0. The molecule has 1 fully saturated rings. The second kappa shape index (κ2) is 10.7. The lowest BCUT2D eigenvalue weighted by Crippen LogP contribution is -2.40. The Morgan fingerprint density at radius 3 is 2.45 bits per heavy atom. The third kappa shape index (κ3) is 6.30. The fourth-order valence-corrected chi connectivity index (χ4v) is 4.73. The number of carbonyl (C=O) groups excluding carboxylic acids is 1. The van der Waals surface area contributed by atoms with Crippen molar-refractivity contribution in [3.05, 3.63) is 71.1 Å². The number of fused-ring (bicyclic) bond motifs is 1. The van der Waals surface area contributed by atoms with Crippen LogP contribution in [0.15, 0.2) is 53.4 Å². The summed E-state index contributed by atoms with van der Waals surface area (Å²) in [4.78, 5) is 14.3. The molecule has 9 nitrogen and oxygen atoms in total. The van der Waals surface area contributed by atoms with Gasteiger partial charge in [0.25, 0.3) is 5.82 Å². The molecular weight excluding hydrogens is 523 g/mol. The number of alkyl halides is 3. The summed E-state index contributed by atoms with van der Waals surface area (Å²) >= 11 is 0. The number of piperidine rings is 1. The van der Waals surface area contributed by atoms with Crippen LogP contribution in [-0.2, 0) is 17.3 Å². The summed E-state index contributed by atoms with van der Waals surface area (Å²) in [5, 5.41) is 12.4. The van der Waals surface area contributed by atoms with Crippen LogP contribution >= 0.6 is 0 Å². The highest BCUT2D eigenvalue weighted by Gasteiger charge is 2.40. The Morgan fingerprint density at radius 2 is 1.77 bits per heavy atom. The lowest BCUT2D eigenvalue weighted by Gasteiger charge is -2.35. The van der Waals surface area contributed by atoms with E-state index < -0.39 is 23.7 Å². The van der Waals surface area contributed by atoms with Crippen molar-refractivity contribution in [1.29, 1.82) is 0 Å². The van der Waals surface area contributed by atoms with Crippen molar-refractivity contribution in [3.8, 4) is 11.8 Å². The molecule has 0 spiro atoms. The predicted molar refractivity (Wildman–Crippen MR) is 141 cm³/mol. The number of aromatic nitrogens is 3. The number of allylic oxidation sites excluding steroid dienone is 2. The maximum absolute atomic E-state index is 13.2. The number of amidine groups is 1. The van der Waals surface area contributed by atoms with E-state index >= 15 is 0 Å². The Balaban J connectivity index is 1.18. The Hall–Kier alpha value is -4.27. The number of hydrogen-bond donors (Lipinski definition) is 1. The van der Waals surface area contributed by atoms with Crippen LogP contribution in [0.5, 0.6) is 0 Å². The van der Waals surface area contributed by atoms with Crippen LogP contribution in [0.25, 0.3) is 0 Å². The average Bonchev–Trinajstić information content (AvgIpc) is 3.36. The van der Waals surface area contributed by atoms with Gasteiger partial charge in [-0.25, -0.2) is 4.79 Å². The number of hydrogen-bond acceptors (Lipinski definition) is 7. The number of aryl methyl sites for hydroxylation is 1. The summed E-state index contributed by atoms with van der Waals surface area (Å²) in [5.41, 5.74) is 4.92. The Kier molecular flexibility index (Phi) is 7.31. The van der Waals surface area contributed by atoms with E-state index in [0.717, 1.165) is 23.1 Å². The monoisotopic (exact) mass is 553 g/mol. The van der Waals surface area contributed by atoms with Crippen LogP contribution in [0.1, 0.15) is 68.7 Å². The first-order chi connectivity index (χ1) is 19.0. The molecule has 1 amide bonds. The van der Waals surface area contributed by atoms with E-state index in [0.29, 0.717) is 43.3 Å². The molecule has 0 unspecified atom stereocenters. The molecule has 1 aromatic carbocycles. The van der Waals surface area contributed by atoms with Crippen molar-refractivity contribution >= 4 is 11.9 Å². The normalized spacial score (nSPS) is 17.8. The molecule has 3 aliphatic rings. The summed E-state index contributed by atoms with van der Waals surface area (Å²) in [5.74, 6) is 6.36. The van der Waals surface area contributed by atoms with Gasteiger partial charge in [0.15, 0.2) is 5.82 Å². The number of rotatable bonds is 1. The van der Waals surface area contributed by atoms with Crippen LogP contribution in [0.2, 0.25) is 0 Å². The molecule has 12 heteroatoms. The molecule has 1 aromatic heterocycles. The summed E-state index contributed by atoms with van der Waals surface area (Å²) < 4.78 is 45.9. The molecule has 0 saturated carbocycles. The molecule has 40 heavy (non-hydrogen) atoms. The van der Waals surface area contributed by atoms with Crippen LogP contribution < -0.4 is 5.43 Å². The Morgan fingerprint density at radius 1 is 1.05 bits per heavy atom. The fourth-order valence-electron chi connectivity index (χ4n) is 4.73. The zero-order valence-corrected chi connectivity index (χ0v) is 22.5. The molecule has 1 N–H and O–H groups in total. The van der Waals surface area contributed by atoms with E-state index in [4.69, 9.17) is 4.74 Å². The summed E-state index contributed by atoms with van der Waals surface area (Å²) in [6, 6.07) is 8.09. The highest BCUT2D eigenvalue weighted by Crippen LogP contribution is 2.32. The maximum atomic E-state index is 13.2. The van der Waals surface area contributed by atoms with Crippen LogP contribution in [0.4, 0.5) is 18.0 Å². The number of likely N-dealkylation sites (tertiary alicyclic amines) is 1. The number of amides is 1. The van der Waals surface area contributed by atoms with Gasteiger partial charge in [-0.1, -0.05) is 24.0 Å².